The van der Waals surface area contributed by atoms with E-state index in [1.807, 2.05) is 12.1 Å². The van der Waals surface area contributed by atoms with Crippen molar-refractivity contribution in [2.24, 2.45) is 0 Å². The van der Waals surface area contributed by atoms with Crippen LogP contribution >= 0.6 is 22.9 Å². The molecule has 0 saturated carbocycles. The van der Waals surface area contributed by atoms with E-state index in [1.54, 1.807) is 35.8 Å². The Morgan fingerprint density at radius 1 is 1.20 bits per heavy atom. The molecule has 1 amide bonds. The minimum Gasteiger partial charge on any atom is -0.493 e. The molecule has 0 unspecified atom stereocenters. The maximum Gasteiger partial charge on any atom is 0.257 e. The molecule has 8 heteroatoms. The summed E-state index contributed by atoms with van der Waals surface area (Å²) in [6.45, 7) is 0.365. The number of hydrogen-bond acceptors (Lipinski definition) is 6. The molecule has 2 aromatic carbocycles. The van der Waals surface area contributed by atoms with Gasteiger partial charge in [-0.25, -0.2) is 0 Å². The predicted octanol–water partition coefficient (Wildman–Crippen LogP) is 4.03. The van der Waals surface area contributed by atoms with Crippen molar-refractivity contribution in [2.45, 2.75) is 6.61 Å². The summed E-state index contributed by atoms with van der Waals surface area (Å²) >= 11 is 7.11. The van der Waals surface area contributed by atoms with Crippen molar-refractivity contribution in [1.82, 2.24) is 10.2 Å². The Labute approximate surface area is 153 Å². The van der Waals surface area contributed by atoms with E-state index in [-0.39, 0.29) is 5.91 Å². The van der Waals surface area contributed by atoms with E-state index < -0.39 is 0 Å². The zero-order chi connectivity index (χ0) is 17.6. The van der Waals surface area contributed by atoms with Crippen LogP contribution in [0, 0.1) is 0 Å². The van der Waals surface area contributed by atoms with Crippen molar-refractivity contribution in [1.29, 1.82) is 0 Å². The fraction of sp³-hybridized carbons (Fsp3) is 0.118. The molecule has 0 aliphatic heterocycles. The summed E-state index contributed by atoms with van der Waals surface area (Å²) in [7, 11) is 1.52. The number of aromatic nitrogens is 2. The Hall–Kier alpha value is -2.64. The van der Waals surface area contributed by atoms with E-state index in [1.165, 1.54) is 18.4 Å². The lowest BCUT2D eigenvalue weighted by atomic mass is 10.2. The van der Waals surface area contributed by atoms with Crippen LogP contribution in [-0.2, 0) is 6.61 Å². The second-order valence-electron chi connectivity index (χ2n) is 4.98. The molecule has 0 aliphatic rings. The van der Waals surface area contributed by atoms with Crippen LogP contribution in [-0.4, -0.2) is 23.2 Å². The van der Waals surface area contributed by atoms with E-state index >= 15 is 0 Å². The highest BCUT2D eigenvalue weighted by Crippen LogP contribution is 2.29. The van der Waals surface area contributed by atoms with E-state index in [9.17, 15) is 4.79 Å². The Morgan fingerprint density at radius 2 is 2.00 bits per heavy atom. The van der Waals surface area contributed by atoms with Gasteiger partial charge in [0, 0.05) is 10.6 Å². The van der Waals surface area contributed by atoms with Crippen molar-refractivity contribution in [3.8, 4) is 11.5 Å². The number of amides is 1. The first kappa shape index (κ1) is 17.2. The molecule has 0 bridgehead atoms. The van der Waals surface area contributed by atoms with Crippen molar-refractivity contribution >= 4 is 34.0 Å². The number of nitrogens with one attached hydrogen (secondary N) is 1. The van der Waals surface area contributed by atoms with Crippen LogP contribution in [0.4, 0.5) is 5.13 Å². The maximum atomic E-state index is 12.2. The SMILES string of the molecule is COc1cc(C(=O)Nc2nncs2)ccc1OCc1ccc(Cl)cc1. The normalized spacial score (nSPS) is 10.3. The lowest BCUT2D eigenvalue weighted by molar-refractivity contribution is 0.102. The van der Waals surface area contributed by atoms with E-state index in [0.717, 1.165) is 5.56 Å². The van der Waals surface area contributed by atoms with Gasteiger partial charge < -0.3 is 9.47 Å². The highest BCUT2D eigenvalue weighted by atomic mass is 35.5. The minimum absolute atomic E-state index is 0.292. The van der Waals surface area contributed by atoms with Gasteiger partial charge in [-0.15, -0.1) is 10.2 Å². The van der Waals surface area contributed by atoms with E-state index in [0.29, 0.717) is 33.8 Å². The molecule has 0 saturated heterocycles. The van der Waals surface area contributed by atoms with Crippen LogP contribution in [0.5, 0.6) is 11.5 Å². The zero-order valence-electron chi connectivity index (χ0n) is 13.2. The van der Waals surface area contributed by atoms with Crippen LogP contribution < -0.4 is 14.8 Å². The lowest BCUT2D eigenvalue weighted by Crippen LogP contribution is -2.12. The highest BCUT2D eigenvalue weighted by molar-refractivity contribution is 7.13. The third kappa shape index (κ3) is 4.46. The maximum absolute atomic E-state index is 12.2. The van der Waals surface area contributed by atoms with Gasteiger partial charge in [-0.05, 0) is 35.9 Å². The number of anilines is 1. The van der Waals surface area contributed by atoms with Gasteiger partial charge in [-0.2, -0.15) is 0 Å². The third-order valence-corrected chi connectivity index (χ3v) is 4.17. The van der Waals surface area contributed by atoms with Crippen LogP contribution in [0.25, 0.3) is 0 Å². The van der Waals surface area contributed by atoms with Gasteiger partial charge in [-0.3, -0.25) is 10.1 Å². The number of ether oxygens (including phenoxy) is 2. The van der Waals surface area contributed by atoms with E-state index in [2.05, 4.69) is 15.5 Å². The zero-order valence-corrected chi connectivity index (χ0v) is 14.8. The molecule has 3 rings (SSSR count). The fourth-order valence-electron chi connectivity index (χ4n) is 2.07. The van der Waals surface area contributed by atoms with Gasteiger partial charge in [0.05, 0.1) is 7.11 Å². The van der Waals surface area contributed by atoms with Crippen LogP contribution in [0.1, 0.15) is 15.9 Å². The molecule has 0 spiro atoms. The molecule has 1 N–H and O–H groups in total. The molecule has 0 atom stereocenters. The largest absolute Gasteiger partial charge is 0.493 e. The van der Waals surface area contributed by atoms with Gasteiger partial charge >= 0.3 is 0 Å². The number of methoxy groups -OCH3 is 1. The molecule has 0 radical (unpaired) electrons. The molecule has 1 heterocycles. The van der Waals surface area contributed by atoms with E-state index in [4.69, 9.17) is 21.1 Å². The average molecular weight is 376 g/mol. The van der Waals surface area contributed by atoms with Gasteiger partial charge in [0.25, 0.3) is 5.91 Å². The van der Waals surface area contributed by atoms with Crippen molar-refractivity contribution in [3.63, 3.8) is 0 Å². The number of carbonyl (C=O) groups is 1. The monoisotopic (exact) mass is 375 g/mol. The van der Waals surface area contributed by atoms with Crippen molar-refractivity contribution in [3.05, 3.63) is 64.1 Å². The smallest absolute Gasteiger partial charge is 0.257 e. The van der Waals surface area contributed by atoms with Crippen LogP contribution in [0.2, 0.25) is 5.02 Å². The van der Waals surface area contributed by atoms with Crippen molar-refractivity contribution < 1.29 is 14.3 Å². The summed E-state index contributed by atoms with van der Waals surface area (Å²) in [5.41, 5.74) is 2.96. The molecule has 0 aliphatic carbocycles. The number of halogens is 1. The summed E-state index contributed by atoms with van der Waals surface area (Å²) < 4.78 is 11.1. The van der Waals surface area contributed by atoms with Gasteiger partial charge in [-0.1, -0.05) is 35.1 Å². The highest BCUT2D eigenvalue weighted by Gasteiger charge is 2.13. The molecule has 25 heavy (non-hydrogen) atoms. The number of nitrogens with zero attached hydrogens (tertiary/aromatic N) is 2. The average Bonchev–Trinajstić information content (AvgIpc) is 3.14. The second-order valence-corrected chi connectivity index (χ2v) is 6.25. The predicted molar refractivity (Wildman–Crippen MR) is 96.6 cm³/mol. The molecule has 6 nitrogen and oxygen atoms in total. The van der Waals surface area contributed by atoms with Crippen molar-refractivity contribution in [2.75, 3.05) is 12.4 Å². The molecule has 3 aromatic rings. The molecule has 1 aromatic heterocycles. The molecular weight excluding hydrogens is 362 g/mol. The van der Waals surface area contributed by atoms with Gasteiger partial charge in [0.2, 0.25) is 5.13 Å². The third-order valence-electron chi connectivity index (χ3n) is 3.31. The first-order valence-electron chi connectivity index (χ1n) is 7.28. The number of carbonyl (C=O) groups excluding carboxylic acids is 1. The lowest BCUT2D eigenvalue weighted by Gasteiger charge is -2.12. The van der Waals surface area contributed by atoms with Crippen LogP contribution in [0.3, 0.4) is 0 Å². The molecule has 128 valence electrons. The molecular formula is C17H14ClN3O3S. The number of rotatable bonds is 6. The summed E-state index contributed by atoms with van der Waals surface area (Å²) in [6.07, 6.45) is 0. The first-order chi connectivity index (χ1) is 12.2. The fourth-order valence-corrected chi connectivity index (χ4v) is 2.63. The minimum atomic E-state index is -0.292. The summed E-state index contributed by atoms with van der Waals surface area (Å²) in [5, 5.41) is 11.2. The van der Waals surface area contributed by atoms with Gasteiger partial charge in [0.1, 0.15) is 12.1 Å². The Kier molecular flexibility index (Phi) is 5.47. The number of benzene rings is 2. The quantitative estimate of drug-likeness (QED) is 0.704. The van der Waals surface area contributed by atoms with Crippen LogP contribution in [0.15, 0.2) is 48.0 Å². The first-order valence-corrected chi connectivity index (χ1v) is 8.54. The Morgan fingerprint density at radius 3 is 2.68 bits per heavy atom. The topological polar surface area (TPSA) is 73.3 Å². The summed E-state index contributed by atoms with van der Waals surface area (Å²) in [5.74, 6) is 0.725. The summed E-state index contributed by atoms with van der Waals surface area (Å²) in [4.78, 5) is 12.2. The summed E-state index contributed by atoms with van der Waals surface area (Å²) in [6, 6.07) is 12.4. The second kappa shape index (κ2) is 7.96. The Bertz CT molecular complexity index is 854. The van der Waals surface area contributed by atoms with Gasteiger partial charge in [0.15, 0.2) is 11.5 Å². The standard InChI is InChI=1S/C17H14ClN3O3S/c1-23-15-8-12(16(22)20-17-21-19-10-25-17)4-7-14(15)24-9-11-2-5-13(18)6-3-11/h2-8,10H,9H2,1H3,(H,20,21,22). The Balaban J connectivity index is 1.70. The number of hydrogen-bond donors (Lipinski definition) is 1. The molecule has 0 fully saturated rings.